The molecule has 0 spiro atoms. The maximum Gasteiger partial charge on any atom is 0.344 e. The number of unbranched alkanes of at least 4 members (excludes halogenated alkanes) is 4. The van der Waals surface area contributed by atoms with Crippen LogP contribution in [0.1, 0.15) is 75.7 Å². The molecule has 0 bridgehead atoms. The molecule has 0 aromatic carbocycles. The number of hydrazine groups is 1. The highest BCUT2D eigenvalue weighted by atomic mass is 32.1. The van der Waals surface area contributed by atoms with Gasteiger partial charge in [-0.15, -0.1) is 11.3 Å². The van der Waals surface area contributed by atoms with Crippen LogP contribution in [-0.2, 0) is 17.6 Å². The second-order valence-corrected chi connectivity index (χ2v) is 9.38. The molecule has 3 amide bonds. The molecule has 1 aliphatic carbocycles. The van der Waals surface area contributed by atoms with Crippen LogP contribution < -0.4 is 10.7 Å². The summed E-state index contributed by atoms with van der Waals surface area (Å²) in [7, 11) is 0. The molecule has 0 saturated carbocycles. The molecular formula is C21H29N5O2S. The summed E-state index contributed by atoms with van der Waals surface area (Å²) >= 11 is 1.70. The summed E-state index contributed by atoms with van der Waals surface area (Å²) in [6.07, 6.45) is 12.1. The number of aryl methyl sites for hydroxylation is 2. The molecular weight excluding hydrogens is 386 g/mol. The van der Waals surface area contributed by atoms with Gasteiger partial charge in [-0.2, -0.15) is 5.01 Å². The molecule has 2 aromatic rings. The van der Waals surface area contributed by atoms with Crippen LogP contribution in [0.15, 0.2) is 6.33 Å². The topological polar surface area (TPSA) is 87.2 Å². The largest absolute Gasteiger partial charge is 0.344 e. The van der Waals surface area contributed by atoms with Gasteiger partial charge in [0.05, 0.1) is 5.39 Å². The van der Waals surface area contributed by atoms with E-state index in [1.165, 1.54) is 42.5 Å². The molecule has 2 aromatic heterocycles. The zero-order valence-corrected chi connectivity index (χ0v) is 18.0. The van der Waals surface area contributed by atoms with E-state index < -0.39 is 11.6 Å². The molecule has 3 heterocycles. The smallest absolute Gasteiger partial charge is 0.322 e. The molecule has 29 heavy (non-hydrogen) atoms. The number of hydrogen-bond acceptors (Lipinski definition) is 6. The third kappa shape index (κ3) is 3.82. The maximum absolute atomic E-state index is 13.1. The Morgan fingerprint density at radius 1 is 1.17 bits per heavy atom. The first-order valence-corrected chi connectivity index (χ1v) is 11.5. The summed E-state index contributed by atoms with van der Waals surface area (Å²) in [4.78, 5) is 36.7. The van der Waals surface area contributed by atoms with Gasteiger partial charge in [-0.25, -0.2) is 14.8 Å². The van der Waals surface area contributed by atoms with E-state index in [2.05, 4.69) is 27.6 Å². The summed E-state index contributed by atoms with van der Waals surface area (Å²) in [5, 5.41) is 4.94. The molecule has 2 aliphatic rings. The number of anilines is 1. The molecule has 156 valence electrons. The quantitative estimate of drug-likeness (QED) is 0.487. The van der Waals surface area contributed by atoms with Crippen LogP contribution in [0, 0.1) is 0 Å². The fraction of sp³-hybridized carbons (Fsp3) is 0.619. The Kier molecular flexibility index (Phi) is 5.72. The van der Waals surface area contributed by atoms with E-state index in [0.29, 0.717) is 12.2 Å². The third-order valence-electron chi connectivity index (χ3n) is 6.01. The SMILES string of the molecule is CCCCCCCC1(C)NC(=O)N(Nc2ncnc3sc4c(c23)CCCC4)C1=O. The van der Waals surface area contributed by atoms with Gasteiger partial charge in [0.2, 0.25) is 0 Å². The number of rotatable bonds is 8. The third-order valence-corrected chi connectivity index (χ3v) is 7.21. The van der Waals surface area contributed by atoms with Gasteiger partial charge in [-0.3, -0.25) is 10.2 Å². The van der Waals surface area contributed by atoms with Crippen molar-refractivity contribution in [2.24, 2.45) is 0 Å². The minimum Gasteiger partial charge on any atom is -0.322 e. The Labute approximate surface area is 175 Å². The fourth-order valence-electron chi connectivity index (χ4n) is 4.32. The van der Waals surface area contributed by atoms with Gasteiger partial charge in [0.25, 0.3) is 5.91 Å². The van der Waals surface area contributed by atoms with E-state index in [1.807, 2.05) is 6.92 Å². The van der Waals surface area contributed by atoms with Crippen LogP contribution in [-0.4, -0.2) is 32.5 Å². The maximum atomic E-state index is 13.1. The van der Waals surface area contributed by atoms with Gasteiger partial charge in [-0.1, -0.05) is 39.0 Å². The van der Waals surface area contributed by atoms with Gasteiger partial charge in [0.15, 0.2) is 5.82 Å². The predicted octanol–water partition coefficient (Wildman–Crippen LogP) is 4.57. The van der Waals surface area contributed by atoms with Gasteiger partial charge < -0.3 is 5.32 Å². The molecule has 1 saturated heterocycles. The van der Waals surface area contributed by atoms with Crippen LogP contribution in [0.3, 0.4) is 0 Å². The van der Waals surface area contributed by atoms with Crippen molar-refractivity contribution in [3.8, 4) is 0 Å². The molecule has 1 fully saturated rings. The number of amides is 3. The average Bonchev–Trinajstić information content (AvgIpc) is 3.19. The first-order valence-electron chi connectivity index (χ1n) is 10.7. The van der Waals surface area contributed by atoms with E-state index in [4.69, 9.17) is 0 Å². The number of carbonyl (C=O) groups is 2. The molecule has 8 heteroatoms. The molecule has 1 unspecified atom stereocenters. The minimum absolute atomic E-state index is 0.242. The van der Waals surface area contributed by atoms with Crippen molar-refractivity contribution in [1.29, 1.82) is 0 Å². The van der Waals surface area contributed by atoms with Crippen molar-refractivity contribution in [2.45, 2.75) is 83.6 Å². The Morgan fingerprint density at radius 2 is 1.97 bits per heavy atom. The number of carbonyl (C=O) groups excluding carboxylic acids is 2. The number of nitrogens with zero attached hydrogens (tertiary/aromatic N) is 3. The van der Waals surface area contributed by atoms with Crippen LogP contribution in [0.25, 0.3) is 10.2 Å². The number of thiophene rings is 1. The van der Waals surface area contributed by atoms with Crippen LogP contribution in [0.4, 0.5) is 10.6 Å². The summed E-state index contributed by atoms with van der Waals surface area (Å²) in [5.41, 5.74) is 3.42. The number of hydrogen-bond donors (Lipinski definition) is 2. The average molecular weight is 416 g/mol. The van der Waals surface area contributed by atoms with Crippen LogP contribution >= 0.6 is 11.3 Å². The Balaban J connectivity index is 1.52. The van der Waals surface area contributed by atoms with E-state index in [1.54, 1.807) is 11.3 Å². The molecule has 4 rings (SSSR count). The summed E-state index contributed by atoms with van der Waals surface area (Å²) in [6, 6.07) is -0.415. The number of imide groups is 1. The molecule has 7 nitrogen and oxygen atoms in total. The molecule has 2 N–H and O–H groups in total. The van der Waals surface area contributed by atoms with E-state index >= 15 is 0 Å². The monoisotopic (exact) mass is 415 g/mol. The van der Waals surface area contributed by atoms with Gasteiger partial charge >= 0.3 is 6.03 Å². The van der Waals surface area contributed by atoms with Crippen molar-refractivity contribution in [2.75, 3.05) is 5.43 Å². The van der Waals surface area contributed by atoms with Crippen LogP contribution in [0.5, 0.6) is 0 Å². The van der Waals surface area contributed by atoms with Crippen molar-refractivity contribution in [3.63, 3.8) is 0 Å². The van der Waals surface area contributed by atoms with Gasteiger partial charge in [0, 0.05) is 4.88 Å². The zero-order valence-electron chi connectivity index (χ0n) is 17.2. The predicted molar refractivity (Wildman–Crippen MR) is 115 cm³/mol. The second kappa shape index (κ2) is 8.26. The molecule has 0 radical (unpaired) electrons. The minimum atomic E-state index is -0.865. The van der Waals surface area contributed by atoms with Crippen molar-refractivity contribution in [1.82, 2.24) is 20.3 Å². The van der Waals surface area contributed by atoms with E-state index in [0.717, 1.165) is 47.3 Å². The highest BCUT2D eigenvalue weighted by Crippen LogP contribution is 2.38. The second-order valence-electron chi connectivity index (χ2n) is 8.29. The number of fused-ring (bicyclic) bond motifs is 3. The molecule has 1 atom stereocenters. The lowest BCUT2D eigenvalue weighted by Crippen LogP contribution is -2.44. The highest BCUT2D eigenvalue weighted by molar-refractivity contribution is 7.19. The van der Waals surface area contributed by atoms with Gasteiger partial charge in [-0.05, 0) is 44.6 Å². The fourth-order valence-corrected chi connectivity index (χ4v) is 5.55. The van der Waals surface area contributed by atoms with Crippen molar-refractivity contribution in [3.05, 3.63) is 16.8 Å². The Morgan fingerprint density at radius 3 is 2.79 bits per heavy atom. The number of urea groups is 1. The summed E-state index contributed by atoms with van der Waals surface area (Å²) < 4.78 is 0. The first kappa shape index (κ1) is 20.1. The standard InChI is InChI=1S/C21H29N5O2S/c1-3-4-5-6-9-12-21(2)19(27)26(20(28)24-21)25-17-16-14-10-7-8-11-15(14)29-18(16)23-13-22-17/h13H,3-12H2,1-2H3,(H,24,28)(H,22,23,25). The van der Waals surface area contributed by atoms with Gasteiger partial charge in [0.1, 0.15) is 16.7 Å². The lowest BCUT2D eigenvalue weighted by atomic mass is 9.94. The van der Waals surface area contributed by atoms with Crippen molar-refractivity contribution >= 4 is 39.3 Å². The zero-order chi connectivity index (χ0) is 20.4. The number of nitrogens with one attached hydrogen (secondary N) is 2. The summed E-state index contributed by atoms with van der Waals surface area (Å²) in [6.45, 7) is 4.00. The molecule has 1 aliphatic heterocycles. The first-order chi connectivity index (χ1) is 14.0. The van der Waals surface area contributed by atoms with E-state index in [9.17, 15) is 9.59 Å². The van der Waals surface area contributed by atoms with Crippen LogP contribution in [0.2, 0.25) is 0 Å². The Bertz CT molecular complexity index is 927. The Hall–Kier alpha value is -2.22. The normalized spacial score (nSPS) is 21.5. The highest BCUT2D eigenvalue weighted by Gasteiger charge is 2.48. The lowest BCUT2D eigenvalue weighted by molar-refractivity contribution is -0.130. The summed E-state index contributed by atoms with van der Waals surface area (Å²) in [5.74, 6) is 0.305. The number of aromatic nitrogens is 2. The van der Waals surface area contributed by atoms with Crippen molar-refractivity contribution < 1.29 is 9.59 Å². The van der Waals surface area contributed by atoms with E-state index in [-0.39, 0.29) is 5.91 Å². The lowest BCUT2D eigenvalue weighted by Gasteiger charge is -2.22.